The van der Waals surface area contributed by atoms with E-state index in [9.17, 15) is 4.79 Å². The Kier molecular flexibility index (Phi) is 4.97. The summed E-state index contributed by atoms with van der Waals surface area (Å²) >= 11 is 0. The molecule has 0 spiro atoms. The summed E-state index contributed by atoms with van der Waals surface area (Å²) in [5.41, 5.74) is 2.43. The lowest BCUT2D eigenvalue weighted by molar-refractivity contribution is 0.0884. The number of hydrogen-bond acceptors (Lipinski definition) is 4. The molecule has 2 heterocycles. The molecule has 1 aliphatic carbocycles. The molecule has 4 nitrogen and oxygen atoms in total. The van der Waals surface area contributed by atoms with Crippen molar-refractivity contribution in [1.29, 1.82) is 0 Å². The minimum Gasteiger partial charge on any atom is -0.360 e. The Hall–Kier alpha value is -1.94. The van der Waals surface area contributed by atoms with Gasteiger partial charge in [-0.3, -0.25) is 4.79 Å². The van der Waals surface area contributed by atoms with E-state index in [1.165, 1.54) is 32.4 Å². The number of hydrogen-bond donors (Lipinski definition) is 0. The van der Waals surface area contributed by atoms with Crippen LogP contribution in [-0.4, -0.2) is 35.5 Å². The van der Waals surface area contributed by atoms with Crippen molar-refractivity contribution in [2.75, 3.05) is 19.6 Å². The number of benzene rings is 1. The maximum absolute atomic E-state index is 13.0. The van der Waals surface area contributed by atoms with Gasteiger partial charge in [-0.1, -0.05) is 41.9 Å². The monoisotopic (exact) mass is 338 g/mol. The van der Waals surface area contributed by atoms with Crippen LogP contribution < -0.4 is 0 Å². The number of Topliss-reactive ketones (excluding diaryl/α,β-unsaturated/α-hetero) is 1. The van der Waals surface area contributed by atoms with E-state index in [1.807, 2.05) is 30.3 Å². The molecule has 1 aliphatic heterocycles. The van der Waals surface area contributed by atoms with Crippen LogP contribution in [0, 0.1) is 5.92 Å². The molecule has 1 saturated heterocycles. The third kappa shape index (κ3) is 3.54. The number of fused-ring (bicyclic) bond motifs is 1. The molecule has 0 bridgehead atoms. The van der Waals surface area contributed by atoms with Crippen LogP contribution >= 0.6 is 0 Å². The van der Waals surface area contributed by atoms with Crippen molar-refractivity contribution in [2.45, 2.75) is 44.9 Å². The molecule has 25 heavy (non-hydrogen) atoms. The highest BCUT2D eigenvalue weighted by Gasteiger charge is 2.33. The molecule has 1 aromatic heterocycles. The van der Waals surface area contributed by atoms with Gasteiger partial charge in [0.15, 0.2) is 5.78 Å². The highest BCUT2D eigenvalue weighted by Crippen LogP contribution is 2.35. The van der Waals surface area contributed by atoms with Crippen molar-refractivity contribution in [1.82, 2.24) is 10.1 Å². The predicted octanol–water partition coefficient (Wildman–Crippen LogP) is 4.35. The van der Waals surface area contributed by atoms with E-state index in [4.69, 9.17) is 4.52 Å². The van der Waals surface area contributed by atoms with Crippen LogP contribution in [0.3, 0.4) is 0 Å². The van der Waals surface area contributed by atoms with Crippen LogP contribution in [0.4, 0.5) is 0 Å². The standard InChI is InChI=1S/C21H26N2O2/c24-21-17(10-7-15-23-13-5-2-6-14-23)11-12-18-19(21)20(22-25-18)16-8-3-1-4-9-16/h1,3-4,8-9,17H,2,5-7,10-15H2. The zero-order valence-corrected chi connectivity index (χ0v) is 14.7. The lowest BCUT2D eigenvalue weighted by Gasteiger charge is -2.27. The van der Waals surface area contributed by atoms with E-state index < -0.39 is 0 Å². The van der Waals surface area contributed by atoms with E-state index in [-0.39, 0.29) is 11.7 Å². The first-order valence-corrected chi connectivity index (χ1v) is 9.63. The summed E-state index contributed by atoms with van der Waals surface area (Å²) in [6.07, 6.45) is 7.84. The number of nitrogens with zero attached hydrogens (tertiary/aromatic N) is 2. The summed E-state index contributed by atoms with van der Waals surface area (Å²) in [4.78, 5) is 15.6. The second-order valence-corrected chi connectivity index (χ2v) is 7.34. The molecule has 4 rings (SSSR count). The minimum absolute atomic E-state index is 0.124. The number of aromatic nitrogens is 1. The number of likely N-dealkylation sites (tertiary alicyclic amines) is 1. The maximum Gasteiger partial charge on any atom is 0.171 e. The van der Waals surface area contributed by atoms with Gasteiger partial charge in [-0.05, 0) is 51.7 Å². The molecule has 1 aromatic carbocycles. The molecule has 1 unspecified atom stereocenters. The van der Waals surface area contributed by atoms with Crippen LogP contribution in [-0.2, 0) is 6.42 Å². The van der Waals surface area contributed by atoms with Crippen LogP contribution in [0.25, 0.3) is 11.3 Å². The molecule has 0 N–H and O–H groups in total. The molecule has 0 amide bonds. The number of carbonyl (C=O) groups is 1. The quantitative estimate of drug-likeness (QED) is 0.813. The Labute approximate surface area is 149 Å². The SMILES string of the molecule is O=C1c2c(-c3ccccc3)noc2CCC1CCCN1CCCCC1. The number of carbonyl (C=O) groups excluding carboxylic acids is 1. The fourth-order valence-corrected chi connectivity index (χ4v) is 4.20. The topological polar surface area (TPSA) is 46.3 Å². The zero-order valence-electron chi connectivity index (χ0n) is 14.7. The van der Waals surface area contributed by atoms with Gasteiger partial charge in [0, 0.05) is 17.9 Å². The fraction of sp³-hybridized carbons (Fsp3) is 0.524. The highest BCUT2D eigenvalue weighted by atomic mass is 16.5. The second kappa shape index (κ2) is 7.52. The largest absolute Gasteiger partial charge is 0.360 e. The van der Waals surface area contributed by atoms with Gasteiger partial charge in [0.1, 0.15) is 11.5 Å². The van der Waals surface area contributed by atoms with Crippen molar-refractivity contribution in [3.05, 3.63) is 41.7 Å². The summed E-state index contributed by atoms with van der Waals surface area (Å²) in [7, 11) is 0. The van der Waals surface area contributed by atoms with Gasteiger partial charge in [0.2, 0.25) is 0 Å². The number of rotatable bonds is 5. The van der Waals surface area contributed by atoms with Crippen molar-refractivity contribution >= 4 is 5.78 Å². The van der Waals surface area contributed by atoms with E-state index in [1.54, 1.807) is 0 Å². The van der Waals surface area contributed by atoms with E-state index in [0.717, 1.165) is 54.8 Å². The minimum atomic E-state index is 0.124. The van der Waals surface area contributed by atoms with Crippen LogP contribution in [0.1, 0.15) is 54.6 Å². The second-order valence-electron chi connectivity index (χ2n) is 7.34. The molecule has 132 valence electrons. The molecule has 0 saturated carbocycles. The Morgan fingerprint density at radius 3 is 2.72 bits per heavy atom. The first-order valence-electron chi connectivity index (χ1n) is 9.63. The fourth-order valence-electron chi connectivity index (χ4n) is 4.20. The Balaban J connectivity index is 1.43. The maximum atomic E-state index is 13.0. The number of piperidine rings is 1. The van der Waals surface area contributed by atoms with Crippen molar-refractivity contribution < 1.29 is 9.32 Å². The van der Waals surface area contributed by atoms with Crippen molar-refractivity contribution in [3.63, 3.8) is 0 Å². The Morgan fingerprint density at radius 2 is 1.92 bits per heavy atom. The van der Waals surface area contributed by atoms with Gasteiger partial charge in [-0.25, -0.2) is 0 Å². The summed E-state index contributed by atoms with van der Waals surface area (Å²) in [6, 6.07) is 9.90. The van der Waals surface area contributed by atoms with Crippen LogP contribution in [0.5, 0.6) is 0 Å². The van der Waals surface area contributed by atoms with Crippen molar-refractivity contribution in [3.8, 4) is 11.3 Å². The molecule has 2 aromatic rings. The molecular weight excluding hydrogens is 312 g/mol. The Morgan fingerprint density at radius 1 is 1.12 bits per heavy atom. The molecule has 4 heteroatoms. The van der Waals surface area contributed by atoms with Gasteiger partial charge in [-0.2, -0.15) is 0 Å². The normalized spacial score (nSPS) is 21.3. The molecular formula is C21H26N2O2. The summed E-state index contributed by atoms with van der Waals surface area (Å²) in [5.74, 6) is 1.13. The van der Waals surface area contributed by atoms with Gasteiger partial charge >= 0.3 is 0 Å². The molecule has 0 radical (unpaired) electrons. The third-order valence-electron chi connectivity index (χ3n) is 5.62. The van der Waals surface area contributed by atoms with Crippen LogP contribution in [0.2, 0.25) is 0 Å². The Bertz CT molecular complexity index is 717. The van der Waals surface area contributed by atoms with Gasteiger partial charge in [0.05, 0.1) is 5.56 Å². The lowest BCUT2D eigenvalue weighted by atomic mass is 9.82. The van der Waals surface area contributed by atoms with Crippen molar-refractivity contribution in [2.24, 2.45) is 5.92 Å². The summed E-state index contributed by atoms with van der Waals surface area (Å²) < 4.78 is 5.48. The zero-order chi connectivity index (χ0) is 17.1. The molecule has 1 fully saturated rings. The third-order valence-corrected chi connectivity index (χ3v) is 5.62. The lowest BCUT2D eigenvalue weighted by Crippen LogP contribution is -2.31. The predicted molar refractivity (Wildman–Crippen MR) is 97.6 cm³/mol. The van der Waals surface area contributed by atoms with E-state index >= 15 is 0 Å². The van der Waals surface area contributed by atoms with Gasteiger partial charge < -0.3 is 9.42 Å². The van der Waals surface area contributed by atoms with E-state index in [2.05, 4.69) is 10.1 Å². The van der Waals surface area contributed by atoms with Gasteiger partial charge in [-0.15, -0.1) is 0 Å². The van der Waals surface area contributed by atoms with E-state index in [0.29, 0.717) is 0 Å². The smallest absolute Gasteiger partial charge is 0.171 e. The number of aryl methyl sites for hydroxylation is 1. The summed E-state index contributed by atoms with van der Waals surface area (Å²) in [6.45, 7) is 3.59. The summed E-state index contributed by atoms with van der Waals surface area (Å²) in [5, 5.41) is 4.20. The highest BCUT2D eigenvalue weighted by molar-refractivity contribution is 6.04. The first kappa shape index (κ1) is 16.5. The van der Waals surface area contributed by atoms with Gasteiger partial charge in [0.25, 0.3) is 0 Å². The average molecular weight is 338 g/mol. The molecule has 2 aliphatic rings. The number of ketones is 1. The first-order chi connectivity index (χ1) is 12.3. The van der Waals surface area contributed by atoms with Crippen LogP contribution in [0.15, 0.2) is 34.9 Å². The molecule has 1 atom stereocenters. The average Bonchev–Trinajstić information content (AvgIpc) is 3.10.